The first-order chi connectivity index (χ1) is 29.9. The van der Waals surface area contributed by atoms with Crippen LogP contribution in [0.2, 0.25) is 0 Å². The zero-order valence-corrected chi connectivity index (χ0v) is 41.1. The lowest BCUT2D eigenvalue weighted by Gasteiger charge is -2.46. The molecule has 0 aromatic heterocycles. The molecule has 338 valence electrons. The number of hydrogen-bond acceptors (Lipinski definition) is 3. The zero-order valence-electron chi connectivity index (χ0n) is 41.1. The first-order valence-corrected chi connectivity index (χ1v) is 24.5. The van der Waals surface area contributed by atoms with E-state index in [1.54, 1.807) is 33.4 Å². The molecular weight excluding hydrogens is 775 g/mol. The maximum atomic E-state index is 4.21. The van der Waals surface area contributed by atoms with Gasteiger partial charge in [-0.3, -0.25) is 14.7 Å². The molecule has 3 aromatic rings. The maximum absolute atomic E-state index is 4.21. The third-order valence-electron chi connectivity index (χ3n) is 19.7. The van der Waals surface area contributed by atoms with Crippen LogP contribution >= 0.6 is 0 Å². The molecule has 0 N–H and O–H groups in total. The third kappa shape index (κ3) is 6.08. The van der Waals surface area contributed by atoms with Crippen molar-refractivity contribution in [2.45, 2.75) is 183 Å². The topological polar surface area (TPSA) is 9.72 Å². The Hall–Kier alpha value is -4.02. The molecule has 9 aliphatic rings. The summed E-state index contributed by atoms with van der Waals surface area (Å²) in [5.41, 5.74) is 32.6. The molecule has 0 radical (unpaired) electrons. The van der Waals surface area contributed by atoms with Gasteiger partial charge < -0.3 is 0 Å². The van der Waals surface area contributed by atoms with Gasteiger partial charge in [-0.1, -0.05) is 80.3 Å². The fourth-order valence-corrected chi connectivity index (χ4v) is 15.2. The number of fused-ring (bicyclic) bond motifs is 3. The molecule has 9 atom stereocenters. The van der Waals surface area contributed by atoms with Crippen molar-refractivity contribution in [3.05, 3.63) is 173 Å². The highest BCUT2D eigenvalue weighted by Crippen LogP contribution is 2.57. The Kier molecular flexibility index (Phi) is 11.0. The number of nitrogens with zero attached hydrogens (tertiary/aromatic N) is 3. The lowest BCUT2D eigenvalue weighted by molar-refractivity contribution is 0.192. The van der Waals surface area contributed by atoms with Gasteiger partial charge in [-0.2, -0.15) is 0 Å². The summed E-state index contributed by atoms with van der Waals surface area (Å²) in [6.07, 6.45) is 21.6. The Morgan fingerprint density at radius 2 is 0.609 bits per heavy atom. The Labute approximate surface area is 388 Å². The van der Waals surface area contributed by atoms with Gasteiger partial charge >= 0.3 is 0 Å². The van der Waals surface area contributed by atoms with Gasteiger partial charge in [0, 0.05) is 73.6 Å². The van der Waals surface area contributed by atoms with Crippen molar-refractivity contribution >= 4 is 0 Å². The summed E-state index contributed by atoms with van der Waals surface area (Å²) in [6, 6.07) is 1.92. The number of benzene rings is 3. The predicted octanol–water partition coefficient (Wildman–Crippen LogP) is 13.4. The van der Waals surface area contributed by atoms with Crippen LogP contribution in [-0.2, 0) is 35.9 Å². The van der Waals surface area contributed by atoms with Crippen molar-refractivity contribution in [2.75, 3.05) is 19.6 Å². The zero-order chi connectivity index (χ0) is 44.8. The summed E-state index contributed by atoms with van der Waals surface area (Å²) in [5.74, 6) is 0. The van der Waals surface area contributed by atoms with Crippen LogP contribution < -0.4 is 0 Å². The molecule has 64 heavy (non-hydrogen) atoms. The van der Waals surface area contributed by atoms with Crippen LogP contribution in [0.1, 0.15) is 146 Å². The summed E-state index contributed by atoms with van der Waals surface area (Å²) in [6.45, 7) is 47.5. The number of allylic oxidation sites excluding steroid dienone is 3. The van der Waals surface area contributed by atoms with Gasteiger partial charge in [-0.05, 0) is 222 Å². The van der Waals surface area contributed by atoms with Crippen molar-refractivity contribution < 1.29 is 0 Å². The van der Waals surface area contributed by atoms with E-state index in [4.69, 9.17) is 0 Å². The summed E-state index contributed by atoms with van der Waals surface area (Å²) < 4.78 is 0. The van der Waals surface area contributed by atoms with Gasteiger partial charge in [0.1, 0.15) is 0 Å². The lowest BCUT2D eigenvalue weighted by atomic mass is 9.63. The fourth-order valence-electron chi connectivity index (χ4n) is 15.2. The minimum atomic E-state index is 0. The van der Waals surface area contributed by atoms with E-state index in [2.05, 4.69) is 154 Å². The van der Waals surface area contributed by atoms with Crippen LogP contribution in [0, 0.1) is 83.1 Å². The first-order valence-electron chi connectivity index (χ1n) is 24.5. The van der Waals surface area contributed by atoms with E-state index >= 15 is 0 Å². The molecule has 12 rings (SSSR count). The van der Waals surface area contributed by atoms with Crippen LogP contribution in [-0.4, -0.2) is 52.5 Å². The molecule has 3 aromatic carbocycles. The Morgan fingerprint density at radius 3 is 0.859 bits per heavy atom. The summed E-state index contributed by atoms with van der Waals surface area (Å²) >= 11 is 0. The molecule has 6 unspecified atom stereocenters. The lowest BCUT2D eigenvalue weighted by Crippen LogP contribution is -2.48. The van der Waals surface area contributed by atoms with Gasteiger partial charge in [-0.15, -0.1) is 0 Å². The Morgan fingerprint density at radius 1 is 0.375 bits per heavy atom. The second-order valence-corrected chi connectivity index (χ2v) is 22.0. The first kappa shape index (κ1) is 45.1. The predicted molar refractivity (Wildman–Crippen MR) is 273 cm³/mol. The standard InChI is InChI=1S/3C20H25N.CH4/c3*1-12-6-7-20-8-9-21(18(20)10-12)11-17-15(4)13(2)14(3)16(5)19(17)20;/h3*6-7,18H,1,8-11H2,2-5H3;1H4/t18?,20-;18-,20+;;/m00../s1. The quantitative estimate of drug-likeness (QED) is 0.223. The molecule has 6 heterocycles. The average molecular weight is 854 g/mol. The van der Waals surface area contributed by atoms with Crippen molar-refractivity contribution in [3.8, 4) is 0 Å². The fraction of sp³-hybridized carbons (Fsp3) is 0.508. The van der Waals surface area contributed by atoms with E-state index in [0.29, 0.717) is 18.1 Å². The highest BCUT2D eigenvalue weighted by atomic mass is 15.2. The molecule has 3 saturated heterocycles. The van der Waals surface area contributed by atoms with Gasteiger partial charge in [0.25, 0.3) is 0 Å². The van der Waals surface area contributed by atoms with Gasteiger partial charge in [0.2, 0.25) is 0 Å². The van der Waals surface area contributed by atoms with Crippen LogP contribution in [0.3, 0.4) is 0 Å². The van der Waals surface area contributed by atoms with E-state index in [9.17, 15) is 0 Å². The smallest absolute Gasteiger partial charge is 0.0312 e. The SMILES string of the molecule is C.C=C1C=CC23CCN(Cc4c(C)c(C)c(C)c(C)c42)C3C1.C=C1C=C[C@@]23CCN(Cc4c(C)c(C)c(C)c(C)c42)C3C1.C=C1C=C[C@]23CCN(Cc4c(C)c(C)c(C)c(C)c42)[C@H]3C1. The Bertz CT molecular complexity index is 2370. The van der Waals surface area contributed by atoms with E-state index in [0.717, 1.165) is 38.9 Å². The minimum Gasteiger partial charge on any atom is -0.295 e. The second-order valence-electron chi connectivity index (χ2n) is 22.0. The molecule has 6 aliphatic heterocycles. The van der Waals surface area contributed by atoms with E-state index in [1.807, 2.05) is 0 Å². The third-order valence-corrected chi connectivity index (χ3v) is 19.7. The molecule has 0 saturated carbocycles. The second kappa shape index (κ2) is 15.5. The van der Waals surface area contributed by atoms with Crippen molar-refractivity contribution in [1.29, 1.82) is 0 Å². The summed E-state index contributed by atoms with van der Waals surface area (Å²) in [5, 5.41) is 0. The molecular formula is C61H79N3. The van der Waals surface area contributed by atoms with Gasteiger partial charge in [-0.25, -0.2) is 0 Å². The van der Waals surface area contributed by atoms with E-state index in [1.165, 1.54) is 122 Å². The molecule has 0 spiro atoms. The summed E-state index contributed by atoms with van der Waals surface area (Å²) in [7, 11) is 0. The average Bonchev–Trinajstić information content (AvgIpc) is 3.79. The highest BCUT2D eigenvalue weighted by molar-refractivity contribution is 5.62. The highest BCUT2D eigenvalue weighted by Gasteiger charge is 2.56. The van der Waals surface area contributed by atoms with Crippen LogP contribution in [0.4, 0.5) is 0 Å². The van der Waals surface area contributed by atoms with Crippen LogP contribution in [0.25, 0.3) is 0 Å². The maximum Gasteiger partial charge on any atom is 0.0312 e. The van der Waals surface area contributed by atoms with Crippen LogP contribution in [0.5, 0.6) is 0 Å². The minimum absolute atomic E-state index is 0. The molecule has 3 aliphatic carbocycles. The van der Waals surface area contributed by atoms with E-state index < -0.39 is 0 Å². The summed E-state index contributed by atoms with van der Waals surface area (Å²) in [4.78, 5) is 8.12. The monoisotopic (exact) mass is 854 g/mol. The largest absolute Gasteiger partial charge is 0.295 e. The molecule has 3 heteroatoms. The van der Waals surface area contributed by atoms with Crippen molar-refractivity contribution in [3.63, 3.8) is 0 Å². The van der Waals surface area contributed by atoms with Gasteiger partial charge in [0.15, 0.2) is 0 Å². The number of hydrogen-bond donors (Lipinski definition) is 0. The molecule has 3 fully saturated rings. The van der Waals surface area contributed by atoms with Crippen molar-refractivity contribution in [2.24, 2.45) is 0 Å². The molecule has 3 nitrogen and oxygen atoms in total. The van der Waals surface area contributed by atoms with Crippen molar-refractivity contribution in [1.82, 2.24) is 14.7 Å². The normalized spacial score (nSPS) is 32.5. The Balaban J connectivity index is 0.000000121. The molecule has 6 bridgehead atoms. The van der Waals surface area contributed by atoms with E-state index in [-0.39, 0.29) is 23.7 Å². The van der Waals surface area contributed by atoms with Gasteiger partial charge in [0.05, 0.1) is 0 Å². The van der Waals surface area contributed by atoms with Crippen LogP contribution in [0.15, 0.2) is 72.9 Å². The molecule has 0 amide bonds. The number of rotatable bonds is 0.